The number of nitrogens with one attached hydrogen (secondary N) is 1. The van der Waals surface area contributed by atoms with E-state index in [4.69, 9.17) is 5.84 Å². The molecule has 3 N–H and O–H groups in total. The Morgan fingerprint density at radius 3 is 2.10 bits per heavy atom. The third-order valence-electron chi connectivity index (χ3n) is 4.40. The van der Waals surface area contributed by atoms with Gasteiger partial charge in [0.2, 0.25) is 0 Å². The molecular formula is C19H34N2. The lowest BCUT2D eigenvalue weighted by Crippen LogP contribution is -2.37. The monoisotopic (exact) mass is 290 g/mol. The van der Waals surface area contributed by atoms with E-state index in [1.54, 1.807) is 0 Å². The Kier molecular flexibility index (Phi) is 6.89. The third-order valence-corrected chi connectivity index (χ3v) is 4.40. The molecule has 0 aliphatic heterocycles. The Morgan fingerprint density at radius 1 is 1.10 bits per heavy atom. The standard InChI is InChI=1S/C19H34N2/c1-7-8-9-10-17(21-20)13-18-14(2)11-16(12-15(18)3)19(4,5)6/h11-12,17,21H,7-10,13,20H2,1-6H3. The predicted octanol–water partition coefficient (Wildman–Crippen LogP) is 4.56. The number of benzene rings is 1. The maximum atomic E-state index is 5.75. The molecular weight excluding hydrogens is 256 g/mol. The van der Waals surface area contributed by atoms with E-state index in [0.717, 1.165) is 12.8 Å². The van der Waals surface area contributed by atoms with Crippen molar-refractivity contribution in [1.82, 2.24) is 5.43 Å². The van der Waals surface area contributed by atoms with Crippen LogP contribution in [0.15, 0.2) is 12.1 Å². The van der Waals surface area contributed by atoms with Gasteiger partial charge in [-0.05, 0) is 54.4 Å². The smallest absolute Gasteiger partial charge is 0.0251 e. The van der Waals surface area contributed by atoms with E-state index in [2.05, 4.69) is 59.1 Å². The molecule has 0 fully saturated rings. The van der Waals surface area contributed by atoms with E-state index in [9.17, 15) is 0 Å². The first-order chi connectivity index (χ1) is 9.79. The van der Waals surface area contributed by atoms with E-state index in [-0.39, 0.29) is 5.41 Å². The summed E-state index contributed by atoms with van der Waals surface area (Å²) in [6, 6.07) is 5.08. The largest absolute Gasteiger partial charge is 0.271 e. The molecule has 0 saturated heterocycles. The summed E-state index contributed by atoms with van der Waals surface area (Å²) in [5, 5.41) is 0. The van der Waals surface area contributed by atoms with Crippen LogP contribution in [-0.2, 0) is 11.8 Å². The molecule has 0 amide bonds. The van der Waals surface area contributed by atoms with Gasteiger partial charge >= 0.3 is 0 Å². The van der Waals surface area contributed by atoms with Gasteiger partial charge in [-0.25, -0.2) is 0 Å². The highest BCUT2D eigenvalue weighted by Gasteiger charge is 2.17. The van der Waals surface area contributed by atoms with Crippen LogP contribution in [0.2, 0.25) is 0 Å². The van der Waals surface area contributed by atoms with Gasteiger partial charge in [0.15, 0.2) is 0 Å². The molecule has 1 aromatic rings. The lowest BCUT2D eigenvalue weighted by Gasteiger charge is -2.24. The second-order valence-electron chi connectivity index (χ2n) is 7.40. The first-order valence-corrected chi connectivity index (χ1v) is 8.36. The summed E-state index contributed by atoms with van der Waals surface area (Å²) >= 11 is 0. The van der Waals surface area contributed by atoms with Crippen LogP contribution in [0.1, 0.15) is 75.6 Å². The normalized spacial score (nSPS) is 13.5. The second kappa shape index (κ2) is 7.95. The van der Waals surface area contributed by atoms with Crippen molar-refractivity contribution in [3.8, 4) is 0 Å². The number of unbranched alkanes of at least 4 members (excludes halogenated alkanes) is 2. The van der Waals surface area contributed by atoms with Crippen LogP contribution in [0.3, 0.4) is 0 Å². The summed E-state index contributed by atoms with van der Waals surface area (Å²) in [5.74, 6) is 5.75. The summed E-state index contributed by atoms with van der Waals surface area (Å²) in [5.41, 5.74) is 8.90. The Hall–Kier alpha value is -0.860. The van der Waals surface area contributed by atoms with Gasteiger partial charge < -0.3 is 0 Å². The zero-order chi connectivity index (χ0) is 16.0. The van der Waals surface area contributed by atoms with Crippen molar-refractivity contribution in [2.75, 3.05) is 0 Å². The SMILES string of the molecule is CCCCCC(Cc1c(C)cc(C(C)(C)C)cc1C)NN. The van der Waals surface area contributed by atoms with Crippen LogP contribution >= 0.6 is 0 Å². The van der Waals surface area contributed by atoms with Crippen LogP contribution in [0.5, 0.6) is 0 Å². The molecule has 0 saturated carbocycles. The molecule has 0 heterocycles. The molecule has 120 valence electrons. The van der Waals surface area contributed by atoms with Crippen LogP contribution < -0.4 is 11.3 Å². The first-order valence-electron chi connectivity index (χ1n) is 8.36. The van der Waals surface area contributed by atoms with Gasteiger partial charge in [0, 0.05) is 6.04 Å². The van der Waals surface area contributed by atoms with Crippen molar-refractivity contribution < 1.29 is 0 Å². The Balaban J connectivity index is 2.87. The van der Waals surface area contributed by atoms with Crippen molar-refractivity contribution in [2.45, 2.75) is 85.1 Å². The topological polar surface area (TPSA) is 38.0 Å². The van der Waals surface area contributed by atoms with E-state index in [0.29, 0.717) is 6.04 Å². The maximum Gasteiger partial charge on any atom is 0.0251 e. The van der Waals surface area contributed by atoms with Gasteiger partial charge in [-0.1, -0.05) is 59.1 Å². The van der Waals surface area contributed by atoms with Gasteiger partial charge in [0.05, 0.1) is 0 Å². The van der Waals surface area contributed by atoms with Crippen molar-refractivity contribution >= 4 is 0 Å². The van der Waals surface area contributed by atoms with Gasteiger partial charge in [-0.2, -0.15) is 0 Å². The fourth-order valence-corrected chi connectivity index (χ4v) is 2.88. The number of hydrogen-bond acceptors (Lipinski definition) is 2. The minimum absolute atomic E-state index is 0.209. The minimum atomic E-state index is 0.209. The average Bonchev–Trinajstić information content (AvgIpc) is 2.39. The van der Waals surface area contributed by atoms with Gasteiger partial charge in [0.25, 0.3) is 0 Å². The molecule has 0 radical (unpaired) electrons. The second-order valence-corrected chi connectivity index (χ2v) is 7.40. The quantitative estimate of drug-likeness (QED) is 0.439. The summed E-state index contributed by atoms with van der Waals surface area (Å²) in [7, 11) is 0. The zero-order valence-corrected chi connectivity index (χ0v) is 14.8. The van der Waals surface area contributed by atoms with Crippen molar-refractivity contribution in [2.24, 2.45) is 5.84 Å². The Bertz CT molecular complexity index is 420. The Labute approximate surface area is 131 Å². The highest BCUT2D eigenvalue weighted by Crippen LogP contribution is 2.27. The van der Waals surface area contributed by atoms with Crippen LogP contribution in [-0.4, -0.2) is 6.04 Å². The number of nitrogens with two attached hydrogens (primary N) is 1. The average molecular weight is 290 g/mol. The summed E-state index contributed by atoms with van der Waals surface area (Å²) in [4.78, 5) is 0. The molecule has 21 heavy (non-hydrogen) atoms. The zero-order valence-electron chi connectivity index (χ0n) is 14.8. The van der Waals surface area contributed by atoms with E-state index in [1.165, 1.54) is 41.5 Å². The highest BCUT2D eigenvalue weighted by atomic mass is 15.2. The first kappa shape index (κ1) is 18.2. The van der Waals surface area contributed by atoms with Gasteiger partial charge in [0.1, 0.15) is 0 Å². The lowest BCUT2D eigenvalue weighted by molar-refractivity contribution is 0.465. The molecule has 1 unspecified atom stereocenters. The highest BCUT2D eigenvalue weighted by molar-refractivity contribution is 5.40. The fourth-order valence-electron chi connectivity index (χ4n) is 2.88. The number of hydrogen-bond donors (Lipinski definition) is 2. The molecule has 0 aliphatic carbocycles. The number of aryl methyl sites for hydroxylation is 2. The number of rotatable bonds is 7. The van der Waals surface area contributed by atoms with Gasteiger partial charge in [-0.3, -0.25) is 11.3 Å². The van der Waals surface area contributed by atoms with Crippen molar-refractivity contribution in [1.29, 1.82) is 0 Å². The molecule has 1 aromatic carbocycles. The minimum Gasteiger partial charge on any atom is -0.271 e. The maximum absolute atomic E-state index is 5.75. The van der Waals surface area contributed by atoms with E-state index in [1.807, 2.05) is 0 Å². The summed E-state index contributed by atoms with van der Waals surface area (Å²) < 4.78 is 0. The molecule has 1 rings (SSSR count). The molecule has 1 atom stereocenters. The predicted molar refractivity (Wildman–Crippen MR) is 93.6 cm³/mol. The van der Waals surface area contributed by atoms with Gasteiger partial charge in [-0.15, -0.1) is 0 Å². The molecule has 0 aliphatic rings. The molecule has 2 nitrogen and oxygen atoms in total. The number of hydrazine groups is 1. The molecule has 0 aromatic heterocycles. The summed E-state index contributed by atoms with van der Waals surface area (Å²) in [6.45, 7) is 13.5. The molecule has 2 heteroatoms. The van der Waals surface area contributed by atoms with Crippen molar-refractivity contribution in [3.05, 3.63) is 34.4 Å². The van der Waals surface area contributed by atoms with Crippen LogP contribution in [0.4, 0.5) is 0 Å². The lowest BCUT2D eigenvalue weighted by atomic mass is 9.82. The van der Waals surface area contributed by atoms with Crippen LogP contribution in [0, 0.1) is 13.8 Å². The van der Waals surface area contributed by atoms with Crippen LogP contribution in [0.25, 0.3) is 0 Å². The fraction of sp³-hybridized carbons (Fsp3) is 0.684. The Morgan fingerprint density at radius 2 is 1.67 bits per heavy atom. The molecule has 0 bridgehead atoms. The van der Waals surface area contributed by atoms with E-state index >= 15 is 0 Å². The summed E-state index contributed by atoms with van der Waals surface area (Å²) in [6.07, 6.45) is 5.99. The third kappa shape index (κ3) is 5.44. The van der Waals surface area contributed by atoms with E-state index < -0.39 is 0 Å². The molecule has 0 spiro atoms. The van der Waals surface area contributed by atoms with Crippen molar-refractivity contribution in [3.63, 3.8) is 0 Å².